The van der Waals surface area contributed by atoms with Crippen molar-refractivity contribution >= 4 is 63.9 Å². The molecule has 1 heterocycles. The van der Waals surface area contributed by atoms with Crippen LogP contribution in [-0.4, -0.2) is 23.4 Å². The van der Waals surface area contributed by atoms with Gasteiger partial charge in [0.15, 0.2) is 5.71 Å². The molecule has 0 atom stereocenters. The Morgan fingerprint density at radius 3 is 2.50 bits per heavy atom. The smallest absolute Gasteiger partial charge is 0.318 e. The summed E-state index contributed by atoms with van der Waals surface area (Å²) in [4.78, 5) is 38.5. The Labute approximate surface area is 127 Å². The highest BCUT2D eigenvalue weighted by molar-refractivity contribution is 6.73. The quantitative estimate of drug-likeness (QED) is 0.370. The van der Waals surface area contributed by atoms with Crippen molar-refractivity contribution in [2.45, 2.75) is 6.92 Å². The molecule has 1 N–H and O–H groups in total. The van der Waals surface area contributed by atoms with Gasteiger partial charge in [-0.05, 0) is 6.07 Å². The van der Waals surface area contributed by atoms with E-state index >= 15 is 0 Å². The summed E-state index contributed by atoms with van der Waals surface area (Å²) in [5.74, 6) is -2.70. The number of amides is 1. The van der Waals surface area contributed by atoms with Gasteiger partial charge in [-0.2, -0.15) is 0 Å². The van der Waals surface area contributed by atoms with E-state index in [1.54, 1.807) is 0 Å². The van der Waals surface area contributed by atoms with E-state index in [1.807, 2.05) is 0 Å². The van der Waals surface area contributed by atoms with E-state index in [-0.39, 0.29) is 26.3 Å². The fourth-order valence-corrected chi connectivity index (χ4v) is 2.22. The van der Waals surface area contributed by atoms with Crippen LogP contribution in [0.3, 0.4) is 0 Å². The standard InChI is InChI=1S/C11H5Cl3N2O4/c1-3(17)20-16-9-6-5(15-11(19)10(9)18)2-4(12)7(13)8(6)14/h2H,1H3,(H,15,19). The first-order valence-corrected chi connectivity index (χ1v) is 6.25. The van der Waals surface area contributed by atoms with E-state index in [4.69, 9.17) is 34.8 Å². The molecule has 1 aliphatic heterocycles. The predicted molar refractivity (Wildman–Crippen MR) is 73.4 cm³/mol. The number of hydrogen-bond acceptors (Lipinski definition) is 5. The van der Waals surface area contributed by atoms with Gasteiger partial charge in [-0.1, -0.05) is 40.0 Å². The number of nitrogens with zero attached hydrogens (tertiary/aromatic N) is 1. The second-order valence-electron chi connectivity index (χ2n) is 3.71. The minimum Gasteiger partial charge on any atom is -0.318 e. The third-order valence-corrected chi connectivity index (χ3v) is 3.60. The zero-order valence-electron chi connectivity index (χ0n) is 9.79. The molecule has 0 radical (unpaired) electrons. The number of carbonyl (C=O) groups excluding carboxylic acids is 3. The monoisotopic (exact) mass is 334 g/mol. The molecule has 1 aliphatic rings. The Morgan fingerprint density at radius 2 is 1.90 bits per heavy atom. The van der Waals surface area contributed by atoms with Crippen LogP contribution in [0.25, 0.3) is 0 Å². The maximum absolute atomic E-state index is 11.8. The Balaban J connectivity index is 2.69. The number of nitrogens with one attached hydrogen (secondary N) is 1. The van der Waals surface area contributed by atoms with E-state index in [0.717, 1.165) is 6.92 Å². The largest absolute Gasteiger partial charge is 0.332 e. The van der Waals surface area contributed by atoms with Gasteiger partial charge < -0.3 is 10.2 Å². The molecule has 0 fully saturated rings. The van der Waals surface area contributed by atoms with E-state index in [9.17, 15) is 14.4 Å². The molecule has 0 spiro atoms. The lowest BCUT2D eigenvalue weighted by molar-refractivity contribution is -0.141. The zero-order valence-corrected chi connectivity index (χ0v) is 12.1. The normalized spacial score (nSPS) is 15.9. The van der Waals surface area contributed by atoms with Crippen LogP contribution in [0.2, 0.25) is 15.1 Å². The first-order chi connectivity index (χ1) is 9.32. The topological polar surface area (TPSA) is 84.8 Å². The number of hydrogen-bond donors (Lipinski definition) is 1. The van der Waals surface area contributed by atoms with E-state index < -0.39 is 23.4 Å². The zero-order chi connectivity index (χ0) is 15.0. The highest BCUT2D eigenvalue weighted by atomic mass is 35.5. The van der Waals surface area contributed by atoms with Gasteiger partial charge >= 0.3 is 5.97 Å². The van der Waals surface area contributed by atoms with Crippen LogP contribution in [0.5, 0.6) is 0 Å². The molecule has 0 aromatic heterocycles. The lowest BCUT2D eigenvalue weighted by Gasteiger charge is -2.19. The van der Waals surface area contributed by atoms with E-state index in [0.29, 0.717) is 0 Å². The average molecular weight is 336 g/mol. The molecule has 1 aromatic rings. The average Bonchev–Trinajstić information content (AvgIpc) is 2.37. The van der Waals surface area contributed by atoms with Gasteiger partial charge in [-0.25, -0.2) is 4.79 Å². The first-order valence-electron chi connectivity index (χ1n) is 5.12. The van der Waals surface area contributed by atoms with Crippen molar-refractivity contribution < 1.29 is 19.2 Å². The summed E-state index contributed by atoms with van der Waals surface area (Å²) in [5.41, 5.74) is -0.214. The lowest BCUT2D eigenvalue weighted by atomic mass is 9.99. The highest BCUT2D eigenvalue weighted by Gasteiger charge is 2.34. The Morgan fingerprint density at radius 1 is 1.25 bits per heavy atom. The molecule has 9 heteroatoms. The molecule has 0 saturated carbocycles. The van der Waals surface area contributed by atoms with Crippen LogP contribution in [-0.2, 0) is 19.2 Å². The van der Waals surface area contributed by atoms with Gasteiger partial charge in [-0.3, -0.25) is 9.59 Å². The number of fused-ring (bicyclic) bond motifs is 1. The number of Topliss-reactive ketones (excluding diaryl/α,β-unsaturated/α-hetero) is 1. The number of rotatable bonds is 1. The van der Waals surface area contributed by atoms with Crippen molar-refractivity contribution in [3.8, 4) is 0 Å². The highest BCUT2D eigenvalue weighted by Crippen LogP contribution is 2.39. The number of benzene rings is 1. The third-order valence-electron chi connectivity index (χ3n) is 2.33. The maximum atomic E-state index is 11.8. The SMILES string of the molecule is CC(=O)ON=C1C(=O)C(=O)Nc2cc(Cl)c(Cl)c(Cl)c21. The number of oxime groups is 1. The summed E-state index contributed by atoms with van der Waals surface area (Å²) in [6.45, 7) is 1.09. The molecular formula is C11H5Cl3N2O4. The van der Waals surface area contributed by atoms with Gasteiger partial charge in [0.25, 0.3) is 11.7 Å². The van der Waals surface area contributed by atoms with Crippen molar-refractivity contribution in [1.29, 1.82) is 0 Å². The van der Waals surface area contributed by atoms with E-state index in [1.165, 1.54) is 6.07 Å². The fraction of sp³-hybridized carbons (Fsp3) is 0.0909. The molecule has 104 valence electrons. The summed E-state index contributed by atoms with van der Waals surface area (Å²) in [6.07, 6.45) is 0. The molecule has 2 rings (SSSR count). The van der Waals surface area contributed by atoms with Gasteiger partial charge in [0, 0.05) is 6.92 Å². The van der Waals surface area contributed by atoms with Crippen LogP contribution < -0.4 is 5.32 Å². The molecule has 1 aromatic carbocycles. The van der Waals surface area contributed by atoms with Crippen LogP contribution in [0.15, 0.2) is 11.2 Å². The molecular weight excluding hydrogens is 330 g/mol. The minimum atomic E-state index is -1.00. The number of carbonyl (C=O) groups is 3. The molecule has 6 nitrogen and oxygen atoms in total. The van der Waals surface area contributed by atoms with Crippen LogP contribution in [0, 0.1) is 0 Å². The molecule has 1 amide bonds. The van der Waals surface area contributed by atoms with Crippen LogP contribution >= 0.6 is 34.8 Å². The number of anilines is 1. The molecule has 20 heavy (non-hydrogen) atoms. The molecule has 0 bridgehead atoms. The van der Waals surface area contributed by atoms with Crippen molar-refractivity contribution in [2.75, 3.05) is 5.32 Å². The summed E-state index contributed by atoms with van der Waals surface area (Å²) in [5, 5.41) is 5.67. The fourth-order valence-electron chi connectivity index (χ4n) is 1.52. The second kappa shape index (κ2) is 5.40. The van der Waals surface area contributed by atoms with Crippen LogP contribution in [0.1, 0.15) is 12.5 Å². The van der Waals surface area contributed by atoms with Gasteiger partial charge in [-0.15, -0.1) is 0 Å². The Kier molecular flexibility index (Phi) is 3.99. The Hall–Kier alpha value is -1.63. The summed E-state index contributed by atoms with van der Waals surface area (Å²) in [6, 6.07) is 1.32. The summed E-state index contributed by atoms with van der Waals surface area (Å²) >= 11 is 17.7. The molecule has 0 saturated heterocycles. The summed E-state index contributed by atoms with van der Waals surface area (Å²) < 4.78 is 0. The number of halogens is 3. The molecule has 0 unspecified atom stereocenters. The predicted octanol–water partition coefficient (Wildman–Crippen LogP) is 2.44. The van der Waals surface area contributed by atoms with Crippen molar-refractivity contribution in [1.82, 2.24) is 0 Å². The minimum absolute atomic E-state index is 0.00782. The first kappa shape index (κ1) is 14.8. The van der Waals surface area contributed by atoms with Gasteiger partial charge in [0.2, 0.25) is 0 Å². The van der Waals surface area contributed by atoms with Gasteiger partial charge in [0.05, 0.1) is 26.3 Å². The molecule has 0 aliphatic carbocycles. The van der Waals surface area contributed by atoms with Crippen LogP contribution in [0.4, 0.5) is 5.69 Å². The van der Waals surface area contributed by atoms with Crippen molar-refractivity contribution in [3.05, 3.63) is 26.7 Å². The van der Waals surface area contributed by atoms with E-state index in [2.05, 4.69) is 15.3 Å². The maximum Gasteiger partial charge on any atom is 0.332 e. The second-order valence-corrected chi connectivity index (χ2v) is 4.88. The van der Waals surface area contributed by atoms with Gasteiger partial charge in [0.1, 0.15) is 0 Å². The third kappa shape index (κ3) is 2.49. The Bertz CT molecular complexity index is 685. The lowest BCUT2D eigenvalue weighted by Crippen LogP contribution is -2.36. The van der Waals surface area contributed by atoms with Crippen molar-refractivity contribution in [2.24, 2.45) is 5.16 Å². The van der Waals surface area contributed by atoms with Crippen molar-refractivity contribution in [3.63, 3.8) is 0 Å². The summed E-state index contributed by atoms with van der Waals surface area (Å²) in [7, 11) is 0. The number of ketones is 1.